The minimum atomic E-state index is 0.0678. The van der Waals surface area contributed by atoms with Crippen LogP contribution < -0.4 is 10.6 Å². The number of nitrogens with zero attached hydrogens (tertiary/aromatic N) is 2. The Morgan fingerprint density at radius 1 is 1.07 bits per heavy atom. The Labute approximate surface area is 167 Å². The van der Waals surface area contributed by atoms with Gasteiger partial charge in [0, 0.05) is 19.0 Å². The van der Waals surface area contributed by atoms with Crippen LogP contribution in [0.4, 0.5) is 5.69 Å². The highest BCUT2D eigenvalue weighted by atomic mass is 16.2. The van der Waals surface area contributed by atoms with E-state index < -0.39 is 0 Å². The minimum absolute atomic E-state index is 0.0678. The molecule has 1 aromatic carbocycles. The van der Waals surface area contributed by atoms with Gasteiger partial charge in [0.1, 0.15) is 11.8 Å². The Balaban J connectivity index is 1.43. The number of rotatable bonds is 7. The largest absolute Gasteiger partial charge is 0.383 e. The first-order chi connectivity index (χ1) is 13.3. The Morgan fingerprint density at radius 3 is 2.25 bits per heavy atom. The van der Waals surface area contributed by atoms with Gasteiger partial charge in [-0.25, -0.2) is 4.98 Å². The molecular weight excluding hydrogens is 348 g/mol. The number of aromatic nitrogens is 1. The molecular formula is C23H28N4O. The molecule has 2 N–H and O–H groups in total. The van der Waals surface area contributed by atoms with Gasteiger partial charge in [-0.05, 0) is 40.5 Å². The van der Waals surface area contributed by atoms with E-state index in [1.807, 2.05) is 12.1 Å². The minimum Gasteiger partial charge on any atom is -0.383 e. The lowest BCUT2D eigenvalue weighted by atomic mass is 10.0. The van der Waals surface area contributed by atoms with Crippen LogP contribution in [-0.2, 0) is 17.8 Å². The molecule has 0 spiro atoms. The van der Waals surface area contributed by atoms with Gasteiger partial charge in [-0.1, -0.05) is 52.0 Å². The lowest BCUT2D eigenvalue weighted by Crippen LogP contribution is -2.26. The highest BCUT2D eigenvalue weighted by Gasteiger charge is 2.68. The summed E-state index contributed by atoms with van der Waals surface area (Å²) in [6.07, 6.45) is 2.56. The zero-order valence-corrected chi connectivity index (χ0v) is 17.0. The second-order valence-corrected chi connectivity index (χ2v) is 8.63. The Kier molecular flexibility index (Phi) is 5.42. The molecule has 5 heteroatoms. The molecule has 1 saturated carbocycles. The summed E-state index contributed by atoms with van der Waals surface area (Å²) >= 11 is 0. The molecule has 0 radical (unpaired) electrons. The van der Waals surface area contributed by atoms with Crippen LogP contribution >= 0.6 is 0 Å². The van der Waals surface area contributed by atoms with Crippen molar-refractivity contribution in [2.75, 3.05) is 11.9 Å². The Hall–Kier alpha value is -2.87. The fourth-order valence-corrected chi connectivity index (χ4v) is 3.88. The molecule has 0 unspecified atom stereocenters. The number of hydrogen-bond donors (Lipinski definition) is 2. The molecule has 0 bridgehead atoms. The summed E-state index contributed by atoms with van der Waals surface area (Å²) in [6.45, 7) is 10.00. The fraction of sp³-hybridized carbons (Fsp3) is 0.435. The Bertz CT molecular complexity index is 862. The van der Waals surface area contributed by atoms with Gasteiger partial charge in [-0.2, -0.15) is 5.26 Å². The predicted octanol–water partition coefficient (Wildman–Crippen LogP) is 3.91. The maximum atomic E-state index is 12.5. The monoisotopic (exact) mass is 376 g/mol. The molecule has 0 saturated heterocycles. The molecule has 146 valence electrons. The average molecular weight is 377 g/mol. The summed E-state index contributed by atoms with van der Waals surface area (Å²) in [5.41, 5.74) is 3.80. The molecule has 0 atom stereocenters. The van der Waals surface area contributed by atoms with Crippen molar-refractivity contribution in [3.05, 3.63) is 59.4 Å². The number of nitrogens with one attached hydrogen (secondary N) is 2. The van der Waals surface area contributed by atoms with E-state index >= 15 is 0 Å². The van der Waals surface area contributed by atoms with Gasteiger partial charge in [0.05, 0.1) is 11.9 Å². The van der Waals surface area contributed by atoms with E-state index in [0.717, 1.165) is 24.2 Å². The van der Waals surface area contributed by atoms with E-state index in [1.165, 1.54) is 5.56 Å². The summed E-state index contributed by atoms with van der Waals surface area (Å²) in [5, 5.41) is 15.2. The number of hydrogen-bond acceptors (Lipinski definition) is 4. The lowest BCUT2D eigenvalue weighted by Gasteiger charge is -2.09. The van der Waals surface area contributed by atoms with Gasteiger partial charge in [0.25, 0.3) is 0 Å². The number of benzene rings is 1. The fourth-order valence-electron chi connectivity index (χ4n) is 3.88. The van der Waals surface area contributed by atoms with Crippen LogP contribution in [0, 0.1) is 28.1 Å². The summed E-state index contributed by atoms with van der Waals surface area (Å²) < 4.78 is 0. The van der Waals surface area contributed by atoms with Crippen molar-refractivity contribution in [2.45, 2.75) is 40.7 Å². The molecule has 1 fully saturated rings. The number of carbonyl (C=O) groups excluding carboxylic acids is 1. The number of pyridine rings is 1. The molecule has 28 heavy (non-hydrogen) atoms. The van der Waals surface area contributed by atoms with Crippen LogP contribution in [-0.4, -0.2) is 17.4 Å². The first-order valence-corrected chi connectivity index (χ1v) is 9.71. The maximum absolute atomic E-state index is 12.5. The zero-order chi connectivity index (χ0) is 20.4. The highest BCUT2D eigenvalue weighted by molar-refractivity contribution is 5.84. The second kappa shape index (κ2) is 7.63. The number of nitriles is 1. The van der Waals surface area contributed by atoms with Crippen molar-refractivity contribution in [1.82, 2.24) is 10.3 Å². The standard InChI is InChI=1S/C23H28N4O/c1-22(2)20(23(22,3)4)21(28)27-14-17-7-5-16(6-8-17)11-12-25-19-10-9-18(13-24)26-15-19/h5-10,15,20,25H,11-12,14H2,1-4H3,(H,27,28). The van der Waals surface area contributed by atoms with Gasteiger partial charge < -0.3 is 10.6 Å². The highest BCUT2D eigenvalue weighted by Crippen LogP contribution is 2.68. The smallest absolute Gasteiger partial charge is 0.224 e. The van der Waals surface area contributed by atoms with E-state index in [2.05, 4.69) is 67.6 Å². The van der Waals surface area contributed by atoms with Crippen molar-refractivity contribution in [1.29, 1.82) is 5.26 Å². The third-order valence-electron chi connectivity index (χ3n) is 6.39. The SMILES string of the molecule is CC1(C)C(C(=O)NCc2ccc(CCNc3ccc(C#N)nc3)cc2)C1(C)C. The molecule has 2 aromatic rings. The molecule has 1 aliphatic carbocycles. The van der Waals surface area contributed by atoms with Crippen molar-refractivity contribution in [3.8, 4) is 6.07 Å². The summed E-state index contributed by atoms with van der Waals surface area (Å²) in [5.74, 6) is 0.237. The molecule has 1 aliphatic rings. The quantitative estimate of drug-likeness (QED) is 0.768. The van der Waals surface area contributed by atoms with Gasteiger partial charge >= 0.3 is 0 Å². The van der Waals surface area contributed by atoms with Crippen LogP contribution in [0.2, 0.25) is 0 Å². The van der Waals surface area contributed by atoms with Crippen LogP contribution in [0.25, 0.3) is 0 Å². The van der Waals surface area contributed by atoms with Crippen molar-refractivity contribution in [2.24, 2.45) is 16.7 Å². The number of anilines is 1. The first-order valence-electron chi connectivity index (χ1n) is 9.71. The third kappa shape index (κ3) is 4.01. The lowest BCUT2D eigenvalue weighted by molar-refractivity contribution is -0.123. The van der Waals surface area contributed by atoms with E-state index in [9.17, 15) is 4.79 Å². The van der Waals surface area contributed by atoms with Crippen molar-refractivity contribution >= 4 is 11.6 Å². The summed E-state index contributed by atoms with van der Waals surface area (Å²) in [6, 6.07) is 13.9. The van der Waals surface area contributed by atoms with Crippen molar-refractivity contribution in [3.63, 3.8) is 0 Å². The maximum Gasteiger partial charge on any atom is 0.224 e. The van der Waals surface area contributed by atoms with Gasteiger partial charge in [0.2, 0.25) is 5.91 Å². The normalized spacial score (nSPS) is 16.8. The van der Waals surface area contributed by atoms with E-state index in [4.69, 9.17) is 5.26 Å². The third-order valence-corrected chi connectivity index (χ3v) is 6.39. The molecule has 3 rings (SSSR count). The van der Waals surface area contributed by atoms with Crippen molar-refractivity contribution < 1.29 is 4.79 Å². The van der Waals surface area contributed by atoms with Gasteiger partial charge in [-0.3, -0.25) is 4.79 Å². The summed E-state index contributed by atoms with van der Waals surface area (Å²) in [4.78, 5) is 16.5. The Morgan fingerprint density at radius 2 is 1.71 bits per heavy atom. The molecule has 1 aromatic heterocycles. The predicted molar refractivity (Wildman–Crippen MR) is 110 cm³/mol. The molecule has 0 aliphatic heterocycles. The molecule has 1 amide bonds. The molecule has 5 nitrogen and oxygen atoms in total. The van der Waals surface area contributed by atoms with E-state index in [-0.39, 0.29) is 22.7 Å². The van der Waals surface area contributed by atoms with Crippen LogP contribution in [0.5, 0.6) is 0 Å². The number of amides is 1. The second-order valence-electron chi connectivity index (χ2n) is 8.63. The molecule has 1 heterocycles. The zero-order valence-electron chi connectivity index (χ0n) is 17.0. The van der Waals surface area contributed by atoms with Crippen LogP contribution in [0.15, 0.2) is 42.6 Å². The first kappa shape index (κ1) is 19.9. The summed E-state index contributed by atoms with van der Waals surface area (Å²) in [7, 11) is 0. The average Bonchev–Trinajstić information content (AvgIpc) is 3.10. The topological polar surface area (TPSA) is 77.8 Å². The van der Waals surface area contributed by atoms with E-state index in [0.29, 0.717) is 12.2 Å². The van der Waals surface area contributed by atoms with Crippen LogP contribution in [0.3, 0.4) is 0 Å². The van der Waals surface area contributed by atoms with Crippen LogP contribution in [0.1, 0.15) is 44.5 Å². The van der Waals surface area contributed by atoms with Gasteiger partial charge in [0.15, 0.2) is 0 Å². The number of carbonyl (C=O) groups is 1. The van der Waals surface area contributed by atoms with Gasteiger partial charge in [-0.15, -0.1) is 0 Å². The van der Waals surface area contributed by atoms with E-state index in [1.54, 1.807) is 12.3 Å².